The van der Waals surface area contributed by atoms with Gasteiger partial charge in [0.1, 0.15) is 0 Å². The van der Waals surface area contributed by atoms with Crippen LogP contribution in [-0.2, 0) is 6.18 Å². The standard InChI is InChI=1S/C31H19F3N2/c32-31(33,34)26-13-10-20(11-14-26)22-8-9-23-16-25(19-36-30(23)17-22)24-12-15-29(35-18-24)28-7-3-5-21-4-1-2-6-27(21)28/h1-19H. The molecule has 5 heteroatoms. The van der Waals surface area contributed by atoms with Gasteiger partial charge in [-0.25, -0.2) is 0 Å². The lowest BCUT2D eigenvalue weighted by molar-refractivity contribution is -0.137. The predicted molar refractivity (Wildman–Crippen MR) is 138 cm³/mol. The molecule has 2 aromatic heterocycles. The Bertz CT molecular complexity index is 1700. The number of alkyl halides is 3. The van der Waals surface area contributed by atoms with Crippen LogP contribution in [0.5, 0.6) is 0 Å². The highest BCUT2D eigenvalue weighted by Gasteiger charge is 2.29. The van der Waals surface area contributed by atoms with Crippen LogP contribution in [0.2, 0.25) is 0 Å². The molecule has 2 nitrogen and oxygen atoms in total. The van der Waals surface area contributed by atoms with Gasteiger partial charge in [-0.05, 0) is 52.2 Å². The zero-order valence-electron chi connectivity index (χ0n) is 19.0. The summed E-state index contributed by atoms with van der Waals surface area (Å²) < 4.78 is 38.6. The van der Waals surface area contributed by atoms with Crippen LogP contribution in [0, 0.1) is 0 Å². The molecule has 0 saturated heterocycles. The van der Waals surface area contributed by atoms with Crippen molar-refractivity contribution < 1.29 is 13.2 Å². The van der Waals surface area contributed by atoms with E-state index in [1.165, 1.54) is 17.5 Å². The number of benzene rings is 4. The van der Waals surface area contributed by atoms with Crippen LogP contribution >= 0.6 is 0 Å². The Morgan fingerprint density at radius 1 is 0.528 bits per heavy atom. The first-order valence-corrected chi connectivity index (χ1v) is 11.5. The molecule has 0 N–H and O–H groups in total. The topological polar surface area (TPSA) is 25.8 Å². The molecule has 0 amide bonds. The van der Waals surface area contributed by atoms with Gasteiger partial charge in [0.2, 0.25) is 0 Å². The van der Waals surface area contributed by atoms with Crippen molar-refractivity contribution in [3.63, 3.8) is 0 Å². The van der Waals surface area contributed by atoms with Crippen molar-refractivity contribution in [2.24, 2.45) is 0 Å². The second-order valence-electron chi connectivity index (χ2n) is 8.67. The molecule has 2 heterocycles. The van der Waals surface area contributed by atoms with E-state index in [0.29, 0.717) is 5.56 Å². The molecule has 0 aliphatic heterocycles. The highest BCUT2D eigenvalue weighted by molar-refractivity contribution is 5.96. The Morgan fingerprint density at radius 3 is 2.03 bits per heavy atom. The highest BCUT2D eigenvalue weighted by Crippen LogP contribution is 2.33. The van der Waals surface area contributed by atoms with Crippen molar-refractivity contribution in [3.8, 4) is 33.5 Å². The Morgan fingerprint density at radius 2 is 1.25 bits per heavy atom. The Labute approximate surface area is 205 Å². The van der Waals surface area contributed by atoms with Crippen molar-refractivity contribution in [1.82, 2.24) is 9.97 Å². The monoisotopic (exact) mass is 476 g/mol. The van der Waals surface area contributed by atoms with Crippen LogP contribution < -0.4 is 0 Å². The lowest BCUT2D eigenvalue weighted by Crippen LogP contribution is -2.03. The van der Waals surface area contributed by atoms with E-state index < -0.39 is 11.7 Å². The maximum atomic E-state index is 12.9. The Balaban J connectivity index is 1.29. The molecule has 6 rings (SSSR count). The summed E-state index contributed by atoms with van der Waals surface area (Å²) in [5.41, 5.74) is 5.55. The lowest BCUT2D eigenvalue weighted by Gasteiger charge is -2.09. The molecule has 0 aliphatic carbocycles. The third kappa shape index (κ3) is 4.09. The summed E-state index contributed by atoms with van der Waals surface area (Å²) in [5, 5.41) is 3.29. The van der Waals surface area contributed by atoms with E-state index in [2.05, 4.69) is 29.2 Å². The smallest absolute Gasteiger partial charge is 0.256 e. The number of hydrogen-bond donors (Lipinski definition) is 0. The van der Waals surface area contributed by atoms with Crippen molar-refractivity contribution >= 4 is 21.7 Å². The van der Waals surface area contributed by atoms with E-state index >= 15 is 0 Å². The molecule has 0 aliphatic rings. The van der Waals surface area contributed by atoms with Gasteiger partial charge in [0.25, 0.3) is 0 Å². The molecule has 0 spiro atoms. The van der Waals surface area contributed by atoms with Crippen LogP contribution in [0.25, 0.3) is 55.2 Å². The number of rotatable bonds is 3. The second kappa shape index (κ2) is 8.61. The lowest BCUT2D eigenvalue weighted by atomic mass is 10.00. The summed E-state index contributed by atoms with van der Waals surface area (Å²) >= 11 is 0. The number of aromatic nitrogens is 2. The van der Waals surface area contributed by atoms with E-state index in [0.717, 1.165) is 56.4 Å². The van der Waals surface area contributed by atoms with Gasteiger partial charge >= 0.3 is 6.18 Å². The Kier molecular flexibility index (Phi) is 5.26. The van der Waals surface area contributed by atoms with Crippen LogP contribution in [0.1, 0.15) is 5.56 Å². The number of fused-ring (bicyclic) bond motifs is 2. The third-order valence-corrected chi connectivity index (χ3v) is 6.39. The number of nitrogens with zero attached hydrogens (tertiary/aromatic N) is 2. The fraction of sp³-hybridized carbons (Fsp3) is 0.0323. The summed E-state index contributed by atoms with van der Waals surface area (Å²) in [5.74, 6) is 0. The van der Waals surface area contributed by atoms with E-state index in [-0.39, 0.29) is 0 Å². The maximum absolute atomic E-state index is 12.9. The predicted octanol–water partition coefficient (Wildman–Crippen LogP) is 8.80. The normalized spacial score (nSPS) is 11.8. The minimum absolute atomic E-state index is 0.658. The SMILES string of the molecule is FC(F)(F)c1ccc(-c2ccc3cc(-c4ccc(-c5cccc6ccccc56)nc4)cnc3c2)cc1. The molecule has 4 aromatic carbocycles. The van der Waals surface area contributed by atoms with Gasteiger partial charge in [-0.15, -0.1) is 0 Å². The molecule has 0 fully saturated rings. The van der Waals surface area contributed by atoms with Crippen LogP contribution in [0.3, 0.4) is 0 Å². The van der Waals surface area contributed by atoms with Crippen LogP contribution in [0.15, 0.2) is 116 Å². The third-order valence-electron chi connectivity index (χ3n) is 6.39. The first-order valence-electron chi connectivity index (χ1n) is 11.5. The second-order valence-corrected chi connectivity index (χ2v) is 8.67. The fourth-order valence-corrected chi connectivity index (χ4v) is 4.48. The average molecular weight is 477 g/mol. The minimum Gasteiger partial charge on any atom is -0.256 e. The van der Waals surface area contributed by atoms with Crippen molar-refractivity contribution in [1.29, 1.82) is 0 Å². The zero-order chi connectivity index (χ0) is 24.7. The summed E-state index contributed by atoms with van der Waals surface area (Å²) in [6.07, 6.45) is -0.689. The molecule has 0 saturated carbocycles. The summed E-state index contributed by atoms with van der Waals surface area (Å²) in [4.78, 5) is 9.34. The molecule has 0 unspecified atom stereocenters. The van der Waals surface area contributed by atoms with Gasteiger partial charge in [-0.2, -0.15) is 13.2 Å². The van der Waals surface area contributed by atoms with E-state index in [9.17, 15) is 13.2 Å². The fourth-order valence-electron chi connectivity index (χ4n) is 4.48. The van der Waals surface area contributed by atoms with Crippen molar-refractivity contribution in [2.45, 2.75) is 6.18 Å². The summed E-state index contributed by atoms with van der Waals surface area (Å²) in [7, 11) is 0. The summed E-state index contributed by atoms with van der Waals surface area (Å²) in [6.45, 7) is 0. The molecule has 0 atom stereocenters. The first kappa shape index (κ1) is 22.0. The van der Waals surface area contributed by atoms with Gasteiger partial charge in [-0.3, -0.25) is 9.97 Å². The minimum atomic E-state index is -4.35. The van der Waals surface area contributed by atoms with Crippen molar-refractivity contribution in [2.75, 3.05) is 0 Å². The number of pyridine rings is 2. The largest absolute Gasteiger partial charge is 0.416 e. The molecule has 6 aromatic rings. The Hall–Kier alpha value is -4.51. The molecule has 0 bridgehead atoms. The summed E-state index contributed by atoms with van der Waals surface area (Å²) in [6, 6.07) is 31.5. The molecular weight excluding hydrogens is 457 g/mol. The van der Waals surface area contributed by atoms with Gasteiger partial charge in [-0.1, -0.05) is 72.8 Å². The van der Waals surface area contributed by atoms with Gasteiger partial charge < -0.3 is 0 Å². The quantitative estimate of drug-likeness (QED) is 0.255. The van der Waals surface area contributed by atoms with E-state index in [1.54, 1.807) is 6.20 Å². The molecule has 174 valence electrons. The average Bonchev–Trinajstić information content (AvgIpc) is 2.92. The molecule has 36 heavy (non-hydrogen) atoms. The first-order chi connectivity index (χ1) is 17.5. The molecule has 0 radical (unpaired) electrons. The highest BCUT2D eigenvalue weighted by atomic mass is 19.4. The van der Waals surface area contributed by atoms with Crippen LogP contribution in [-0.4, -0.2) is 9.97 Å². The molecular formula is C31H19F3N2. The van der Waals surface area contributed by atoms with Crippen LogP contribution in [0.4, 0.5) is 13.2 Å². The van der Waals surface area contributed by atoms with E-state index in [1.807, 2.05) is 60.8 Å². The maximum Gasteiger partial charge on any atom is 0.416 e. The zero-order valence-corrected chi connectivity index (χ0v) is 19.0. The number of halogens is 3. The van der Waals surface area contributed by atoms with Gasteiger partial charge in [0.15, 0.2) is 0 Å². The van der Waals surface area contributed by atoms with Gasteiger partial charge in [0.05, 0.1) is 16.8 Å². The van der Waals surface area contributed by atoms with E-state index in [4.69, 9.17) is 4.98 Å². The number of hydrogen-bond acceptors (Lipinski definition) is 2. The van der Waals surface area contributed by atoms with Gasteiger partial charge in [0, 0.05) is 34.5 Å². The van der Waals surface area contributed by atoms with Crippen molar-refractivity contribution in [3.05, 3.63) is 121 Å².